The molecule has 4 rings (SSSR count). The molecule has 0 fully saturated rings. The Kier molecular flexibility index (Phi) is 6.23. The number of aromatic nitrogens is 2. The van der Waals surface area contributed by atoms with E-state index in [4.69, 9.17) is 21.3 Å². The van der Waals surface area contributed by atoms with E-state index in [-0.39, 0.29) is 11.9 Å². The Balaban J connectivity index is 1.54. The molecule has 0 saturated heterocycles. The molecule has 1 atom stereocenters. The molecule has 5 nitrogen and oxygen atoms in total. The van der Waals surface area contributed by atoms with Crippen LogP contribution in [-0.4, -0.2) is 22.1 Å². The molecule has 6 heteroatoms. The van der Waals surface area contributed by atoms with Crippen molar-refractivity contribution in [2.24, 2.45) is 0 Å². The number of nitrogens with one attached hydrogen (secondary N) is 1. The zero-order valence-corrected chi connectivity index (χ0v) is 18.3. The van der Waals surface area contributed by atoms with Gasteiger partial charge in [0.15, 0.2) is 0 Å². The fourth-order valence-electron chi connectivity index (χ4n) is 3.53. The van der Waals surface area contributed by atoms with Crippen molar-refractivity contribution >= 4 is 28.5 Å². The number of imidazole rings is 1. The number of benzene rings is 3. The van der Waals surface area contributed by atoms with E-state index >= 15 is 0 Å². The summed E-state index contributed by atoms with van der Waals surface area (Å²) in [5.74, 6) is 1.37. The van der Waals surface area contributed by atoms with Crippen LogP contribution >= 0.6 is 11.6 Å². The maximum Gasteiger partial charge on any atom is 0.253 e. The van der Waals surface area contributed by atoms with Crippen LogP contribution in [0, 0.1) is 6.92 Å². The number of para-hydroxylation sites is 2. The van der Waals surface area contributed by atoms with Crippen LogP contribution < -0.4 is 10.1 Å². The number of carbonyl (C=O) groups is 1. The summed E-state index contributed by atoms with van der Waals surface area (Å²) in [6, 6.07) is 22.6. The molecule has 1 heterocycles. The molecule has 0 saturated carbocycles. The zero-order chi connectivity index (χ0) is 21.8. The molecule has 0 aliphatic rings. The van der Waals surface area contributed by atoms with Gasteiger partial charge >= 0.3 is 0 Å². The summed E-state index contributed by atoms with van der Waals surface area (Å²) in [5, 5.41) is 3.44. The van der Waals surface area contributed by atoms with E-state index in [1.54, 1.807) is 24.3 Å². The Morgan fingerprint density at radius 1 is 1.06 bits per heavy atom. The number of nitrogens with zero attached hydrogens (tertiary/aromatic N) is 2. The van der Waals surface area contributed by atoms with Crippen LogP contribution in [0.5, 0.6) is 5.75 Å². The van der Waals surface area contributed by atoms with Gasteiger partial charge in [0.2, 0.25) is 0 Å². The predicted octanol–water partition coefficient (Wildman–Crippen LogP) is 5.57. The summed E-state index contributed by atoms with van der Waals surface area (Å²) >= 11 is 6.18. The number of amides is 1. The fraction of sp³-hybridized carbons (Fsp3) is 0.200. The van der Waals surface area contributed by atoms with Crippen LogP contribution in [0.15, 0.2) is 72.8 Å². The van der Waals surface area contributed by atoms with Gasteiger partial charge in [0, 0.05) is 0 Å². The largest absolute Gasteiger partial charge is 0.492 e. The lowest BCUT2D eigenvalue weighted by Gasteiger charge is -2.17. The lowest BCUT2D eigenvalue weighted by Crippen LogP contribution is -2.29. The summed E-state index contributed by atoms with van der Waals surface area (Å²) in [6.07, 6.45) is 0. The molecule has 3 aromatic carbocycles. The van der Waals surface area contributed by atoms with Gasteiger partial charge in [-0.05, 0) is 50.2 Å². The van der Waals surface area contributed by atoms with Gasteiger partial charge < -0.3 is 14.6 Å². The monoisotopic (exact) mass is 433 g/mol. The standard InChI is InChI=1S/C25H24ClN3O2/c1-17-11-13-19(14-12-17)31-16-15-29-23-10-6-5-9-22(23)28-24(29)18(2)27-25(30)20-7-3-4-8-21(20)26/h3-14,18H,15-16H2,1-2H3,(H,27,30). The van der Waals surface area contributed by atoms with Crippen molar-refractivity contribution in [2.75, 3.05) is 6.61 Å². The number of ether oxygens (including phenoxy) is 1. The Morgan fingerprint density at radius 2 is 1.77 bits per heavy atom. The second-order valence-corrected chi connectivity index (χ2v) is 7.85. The minimum atomic E-state index is -0.310. The number of hydrogen-bond donors (Lipinski definition) is 1. The minimum absolute atomic E-state index is 0.229. The van der Waals surface area contributed by atoms with Crippen molar-refractivity contribution in [2.45, 2.75) is 26.4 Å². The van der Waals surface area contributed by atoms with E-state index in [1.807, 2.05) is 62.4 Å². The number of aryl methyl sites for hydroxylation is 1. The average molecular weight is 434 g/mol. The molecule has 1 N–H and O–H groups in total. The third-order valence-electron chi connectivity index (χ3n) is 5.14. The molecule has 4 aromatic rings. The van der Waals surface area contributed by atoms with Gasteiger partial charge in [-0.1, -0.05) is 53.6 Å². The van der Waals surface area contributed by atoms with Gasteiger partial charge in [-0.3, -0.25) is 4.79 Å². The summed E-state index contributed by atoms with van der Waals surface area (Å²) < 4.78 is 8.03. The summed E-state index contributed by atoms with van der Waals surface area (Å²) in [6.45, 7) is 5.07. The molecule has 0 radical (unpaired) electrons. The second-order valence-electron chi connectivity index (χ2n) is 7.45. The van der Waals surface area contributed by atoms with Crippen LogP contribution in [0.1, 0.15) is 34.7 Å². The van der Waals surface area contributed by atoms with Crippen molar-refractivity contribution in [1.29, 1.82) is 0 Å². The topological polar surface area (TPSA) is 56.1 Å². The SMILES string of the molecule is Cc1ccc(OCCn2c(C(C)NC(=O)c3ccccc3Cl)nc3ccccc32)cc1. The molecule has 0 spiro atoms. The van der Waals surface area contributed by atoms with Crippen molar-refractivity contribution < 1.29 is 9.53 Å². The highest BCUT2D eigenvalue weighted by atomic mass is 35.5. The highest BCUT2D eigenvalue weighted by Crippen LogP contribution is 2.22. The van der Waals surface area contributed by atoms with E-state index in [0.717, 1.165) is 22.6 Å². The van der Waals surface area contributed by atoms with Crippen molar-refractivity contribution in [3.63, 3.8) is 0 Å². The van der Waals surface area contributed by atoms with E-state index in [2.05, 4.69) is 9.88 Å². The quantitative estimate of drug-likeness (QED) is 0.414. The molecule has 1 aromatic heterocycles. The van der Waals surface area contributed by atoms with E-state index in [9.17, 15) is 4.79 Å². The number of hydrogen-bond acceptors (Lipinski definition) is 3. The third-order valence-corrected chi connectivity index (χ3v) is 5.47. The van der Waals surface area contributed by atoms with Gasteiger partial charge in [0.1, 0.15) is 18.2 Å². The average Bonchev–Trinajstić information content (AvgIpc) is 3.14. The summed E-state index contributed by atoms with van der Waals surface area (Å²) in [7, 11) is 0. The van der Waals surface area contributed by atoms with Gasteiger partial charge in [0.05, 0.1) is 34.2 Å². The molecule has 0 aliphatic heterocycles. The smallest absolute Gasteiger partial charge is 0.253 e. The first-order valence-electron chi connectivity index (χ1n) is 10.2. The molecular formula is C25H24ClN3O2. The highest BCUT2D eigenvalue weighted by Gasteiger charge is 2.20. The zero-order valence-electron chi connectivity index (χ0n) is 17.5. The first-order valence-corrected chi connectivity index (χ1v) is 10.6. The molecule has 0 aliphatic carbocycles. The van der Waals surface area contributed by atoms with Crippen LogP contribution in [0.3, 0.4) is 0 Å². The number of rotatable bonds is 7. The fourth-order valence-corrected chi connectivity index (χ4v) is 3.75. The maximum absolute atomic E-state index is 12.7. The van der Waals surface area contributed by atoms with Gasteiger partial charge in [-0.2, -0.15) is 0 Å². The Morgan fingerprint density at radius 3 is 2.55 bits per heavy atom. The van der Waals surface area contributed by atoms with Gasteiger partial charge in [-0.15, -0.1) is 0 Å². The maximum atomic E-state index is 12.7. The summed E-state index contributed by atoms with van der Waals surface area (Å²) in [5.41, 5.74) is 3.52. The molecular weight excluding hydrogens is 410 g/mol. The number of carbonyl (C=O) groups excluding carboxylic acids is 1. The first-order chi connectivity index (χ1) is 15.0. The van der Waals surface area contributed by atoms with Crippen molar-refractivity contribution in [3.05, 3.63) is 94.8 Å². The molecule has 158 valence electrons. The normalized spacial score (nSPS) is 12.0. The van der Waals surface area contributed by atoms with Gasteiger partial charge in [0.25, 0.3) is 5.91 Å². The third kappa shape index (κ3) is 4.72. The highest BCUT2D eigenvalue weighted by molar-refractivity contribution is 6.33. The van der Waals surface area contributed by atoms with Crippen molar-refractivity contribution in [3.8, 4) is 5.75 Å². The van der Waals surface area contributed by atoms with Crippen LogP contribution in [-0.2, 0) is 6.54 Å². The molecule has 31 heavy (non-hydrogen) atoms. The van der Waals surface area contributed by atoms with Gasteiger partial charge in [-0.25, -0.2) is 4.98 Å². The Hall–Kier alpha value is -3.31. The lowest BCUT2D eigenvalue weighted by atomic mass is 10.2. The Bertz CT molecular complexity index is 1200. The summed E-state index contributed by atoms with van der Waals surface area (Å²) in [4.78, 5) is 17.5. The van der Waals surface area contributed by atoms with E-state index < -0.39 is 0 Å². The van der Waals surface area contributed by atoms with Crippen molar-refractivity contribution in [1.82, 2.24) is 14.9 Å². The molecule has 1 unspecified atom stereocenters. The minimum Gasteiger partial charge on any atom is -0.492 e. The number of fused-ring (bicyclic) bond motifs is 1. The predicted molar refractivity (Wildman–Crippen MR) is 124 cm³/mol. The molecule has 0 bridgehead atoms. The second kappa shape index (κ2) is 9.23. The van der Waals surface area contributed by atoms with Crippen LogP contribution in [0.25, 0.3) is 11.0 Å². The van der Waals surface area contributed by atoms with E-state index in [0.29, 0.717) is 23.7 Å². The Labute approximate surface area is 186 Å². The number of halogens is 1. The van der Waals surface area contributed by atoms with Crippen LogP contribution in [0.2, 0.25) is 5.02 Å². The van der Waals surface area contributed by atoms with E-state index in [1.165, 1.54) is 5.56 Å². The molecule has 1 amide bonds. The lowest BCUT2D eigenvalue weighted by molar-refractivity contribution is 0.0937. The van der Waals surface area contributed by atoms with Crippen LogP contribution in [0.4, 0.5) is 0 Å². The first kappa shape index (κ1) is 20.9.